The highest BCUT2D eigenvalue weighted by molar-refractivity contribution is 5.58. The summed E-state index contributed by atoms with van der Waals surface area (Å²) in [5.74, 6) is 1.33. The number of ether oxygens (including phenoxy) is 1. The molecule has 0 aromatic carbocycles. The Morgan fingerprint density at radius 1 is 1.58 bits per heavy atom. The smallest absolute Gasteiger partial charge is 0.163 e. The van der Waals surface area contributed by atoms with Crippen molar-refractivity contribution in [3.05, 3.63) is 18.0 Å². The molecule has 64 valence electrons. The lowest BCUT2D eigenvalue weighted by molar-refractivity contribution is 0.371. The van der Waals surface area contributed by atoms with Crippen molar-refractivity contribution in [2.45, 2.75) is 19.8 Å². The molecule has 1 aromatic heterocycles. The topological polar surface area (TPSA) is 34.1 Å². The lowest BCUT2D eigenvalue weighted by atomic mass is 10.1. The number of hydrogen-bond donors (Lipinski definition) is 1. The molecule has 3 heteroatoms. The van der Waals surface area contributed by atoms with Crippen molar-refractivity contribution in [3.8, 4) is 5.75 Å². The molecule has 2 rings (SSSR count). The third-order valence-electron chi connectivity index (χ3n) is 1.97. The molecular weight excluding hydrogens is 152 g/mol. The van der Waals surface area contributed by atoms with Crippen LogP contribution >= 0.6 is 0 Å². The van der Waals surface area contributed by atoms with Crippen molar-refractivity contribution in [2.75, 3.05) is 12.0 Å². The number of nitrogens with zero attached hydrogens (tertiary/aromatic N) is 1. The van der Waals surface area contributed by atoms with Gasteiger partial charge in [0.05, 0.1) is 11.9 Å². The van der Waals surface area contributed by atoms with Gasteiger partial charge in [-0.15, -0.1) is 0 Å². The van der Waals surface area contributed by atoms with Crippen LogP contribution in [0.3, 0.4) is 0 Å². The zero-order valence-electron chi connectivity index (χ0n) is 7.29. The van der Waals surface area contributed by atoms with Crippen LogP contribution in [0.5, 0.6) is 5.75 Å². The highest BCUT2D eigenvalue weighted by atomic mass is 16.5. The molecule has 3 nitrogen and oxygen atoms in total. The summed E-state index contributed by atoms with van der Waals surface area (Å²) in [6.45, 7) is 4.83. The summed E-state index contributed by atoms with van der Waals surface area (Å²) >= 11 is 0. The summed E-state index contributed by atoms with van der Waals surface area (Å²) in [6.07, 6.45) is 1.78. The number of rotatable bonds is 1. The van der Waals surface area contributed by atoms with Gasteiger partial charge in [0, 0.05) is 5.69 Å². The summed E-state index contributed by atoms with van der Waals surface area (Å²) < 4.78 is 5.26. The highest BCUT2D eigenvalue weighted by Crippen LogP contribution is 2.29. The van der Waals surface area contributed by atoms with Gasteiger partial charge in [-0.05, 0) is 12.0 Å². The largest absolute Gasteiger partial charge is 0.470 e. The molecule has 0 amide bonds. The lowest BCUT2D eigenvalue weighted by Crippen LogP contribution is -1.96. The first-order valence-corrected chi connectivity index (χ1v) is 4.14. The van der Waals surface area contributed by atoms with E-state index in [-0.39, 0.29) is 0 Å². The van der Waals surface area contributed by atoms with E-state index in [1.165, 1.54) is 0 Å². The maximum Gasteiger partial charge on any atom is 0.163 e. The molecule has 1 N–H and O–H groups in total. The van der Waals surface area contributed by atoms with Crippen LogP contribution in [-0.4, -0.2) is 11.7 Å². The first-order chi connectivity index (χ1) is 5.77. The van der Waals surface area contributed by atoms with Crippen LogP contribution < -0.4 is 10.1 Å². The Labute approximate surface area is 71.8 Å². The SMILES string of the molecule is CC(C)c1cc2c(cn1)OCN2. The fraction of sp³-hybridized carbons (Fsp3) is 0.444. The number of hydrogen-bond acceptors (Lipinski definition) is 3. The monoisotopic (exact) mass is 164 g/mol. The van der Waals surface area contributed by atoms with Crippen molar-refractivity contribution >= 4 is 5.69 Å². The number of pyridine rings is 1. The predicted molar refractivity (Wildman–Crippen MR) is 47.4 cm³/mol. The lowest BCUT2D eigenvalue weighted by Gasteiger charge is -2.04. The zero-order chi connectivity index (χ0) is 8.55. The number of anilines is 1. The Morgan fingerprint density at radius 3 is 3.17 bits per heavy atom. The summed E-state index contributed by atoms with van der Waals surface area (Å²) in [5, 5.41) is 3.13. The third-order valence-corrected chi connectivity index (χ3v) is 1.97. The van der Waals surface area contributed by atoms with Crippen molar-refractivity contribution in [1.29, 1.82) is 0 Å². The van der Waals surface area contributed by atoms with E-state index in [0.29, 0.717) is 12.6 Å². The molecule has 2 heterocycles. The summed E-state index contributed by atoms with van der Waals surface area (Å²) in [6, 6.07) is 2.05. The van der Waals surface area contributed by atoms with Gasteiger partial charge in [-0.25, -0.2) is 0 Å². The molecular formula is C9H12N2O. The number of nitrogens with one attached hydrogen (secondary N) is 1. The molecule has 0 aliphatic carbocycles. The van der Waals surface area contributed by atoms with Crippen LogP contribution in [0, 0.1) is 0 Å². The molecule has 0 radical (unpaired) electrons. The molecule has 0 unspecified atom stereocenters. The van der Waals surface area contributed by atoms with Gasteiger partial charge in [0.25, 0.3) is 0 Å². The van der Waals surface area contributed by atoms with E-state index in [4.69, 9.17) is 4.74 Å². The Balaban J connectivity index is 2.39. The van der Waals surface area contributed by atoms with Crippen molar-refractivity contribution in [2.24, 2.45) is 0 Å². The Kier molecular flexibility index (Phi) is 1.64. The van der Waals surface area contributed by atoms with E-state index >= 15 is 0 Å². The average Bonchev–Trinajstić information content (AvgIpc) is 2.49. The molecule has 0 atom stereocenters. The van der Waals surface area contributed by atoms with Gasteiger partial charge in [-0.3, -0.25) is 4.98 Å². The molecule has 0 fully saturated rings. The molecule has 1 aliphatic heterocycles. The van der Waals surface area contributed by atoms with Crippen LogP contribution in [0.1, 0.15) is 25.5 Å². The molecule has 0 spiro atoms. The fourth-order valence-electron chi connectivity index (χ4n) is 1.22. The molecule has 12 heavy (non-hydrogen) atoms. The van der Waals surface area contributed by atoms with Crippen LogP contribution in [0.4, 0.5) is 5.69 Å². The van der Waals surface area contributed by atoms with E-state index in [1.54, 1.807) is 6.20 Å². The van der Waals surface area contributed by atoms with Gasteiger partial charge in [0.1, 0.15) is 0 Å². The zero-order valence-corrected chi connectivity index (χ0v) is 7.29. The van der Waals surface area contributed by atoms with Crippen molar-refractivity contribution in [3.63, 3.8) is 0 Å². The molecule has 0 saturated heterocycles. The van der Waals surface area contributed by atoms with Crippen molar-refractivity contribution < 1.29 is 4.74 Å². The summed E-state index contributed by atoms with van der Waals surface area (Å²) in [7, 11) is 0. The van der Waals surface area contributed by atoms with Crippen molar-refractivity contribution in [1.82, 2.24) is 4.98 Å². The first-order valence-electron chi connectivity index (χ1n) is 4.14. The van der Waals surface area contributed by atoms with Crippen LogP contribution in [-0.2, 0) is 0 Å². The molecule has 1 aromatic rings. The summed E-state index contributed by atoms with van der Waals surface area (Å²) in [5.41, 5.74) is 2.17. The normalized spacial score (nSPS) is 13.9. The van der Waals surface area contributed by atoms with E-state index in [1.807, 2.05) is 6.07 Å². The second-order valence-corrected chi connectivity index (χ2v) is 3.23. The maximum absolute atomic E-state index is 5.26. The van der Waals surface area contributed by atoms with Crippen LogP contribution in [0.2, 0.25) is 0 Å². The minimum absolute atomic E-state index is 0.470. The van der Waals surface area contributed by atoms with Gasteiger partial charge in [0.2, 0.25) is 0 Å². The molecule has 0 bridgehead atoms. The highest BCUT2D eigenvalue weighted by Gasteiger charge is 2.12. The second-order valence-electron chi connectivity index (χ2n) is 3.23. The molecule has 1 aliphatic rings. The van der Waals surface area contributed by atoms with Gasteiger partial charge in [0.15, 0.2) is 12.5 Å². The van der Waals surface area contributed by atoms with Crippen LogP contribution in [0.15, 0.2) is 12.3 Å². The molecule has 0 saturated carbocycles. The number of fused-ring (bicyclic) bond motifs is 1. The van der Waals surface area contributed by atoms with Crippen LogP contribution in [0.25, 0.3) is 0 Å². The Morgan fingerprint density at radius 2 is 2.42 bits per heavy atom. The van der Waals surface area contributed by atoms with E-state index in [0.717, 1.165) is 17.1 Å². The van der Waals surface area contributed by atoms with E-state index in [2.05, 4.69) is 24.1 Å². The third kappa shape index (κ3) is 1.11. The van der Waals surface area contributed by atoms with Gasteiger partial charge in [-0.1, -0.05) is 13.8 Å². The average molecular weight is 164 g/mol. The van der Waals surface area contributed by atoms with Gasteiger partial charge in [-0.2, -0.15) is 0 Å². The summed E-state index contributed by atoms with van der Waals surface area (Å²) in [4.78, 5) is 4.28. The van der Waals surface area contributed by atoms with E-state index in [9.17, 15) is 0 Å². The Bertz CT molecular complexity index is 297. The van der Waals surface area contributed by atoms with Gasteiger partial charge >= 0.3 is 0 Å². The minimum atomic E-state index is 0.470. The quantitative estimate of drug-likeness (QED) is 0.689. The number of aromatic nitrogens is 1. The fourth-order valence-corrected chi connectivity index (χ4v) is 1.22. The minimum Gasteiger partial charge on any atom is -0.470 e. The predicted octanol–water partition coefficient (Wildman–Crippen LogP) is 1.97. The second kappa shape index (κ2) is 2.66. The van der Waals surface area contributed by atoms with E-state index < -0.39 is 0 Å². The standard InChI is InChI=1S/C9H12N2O/c1-6(2)7-3-8-9(4-10-7)12-5-11-8/h3-4,6,11H,5H2,1-2H3. The first kappa shape index (κ1) is 7.40. The van der Waals surface area contributed by atoms with Gasteiger partial charge < -0.3 is 10.1 Å². The Hall–Kier alpha value is -1.25. The maximum atomic E-state index is 5.26.